The average molecular weight is 321 g/mol. The molecule has 0 radical (unpaired) electrons. The summed E-state index contributed by atoms with van der Waals surface area (Å²) in [5.41, 5.74) is 2.50. The Morgan fingerprint density at radius 2 is 2.11 bits per heavy atom. The number of pyridine rings is 1. The predicted molar refractivity (Wildman–Crippen MR) is 76.9 cm³/mol. The van der Waals surface area contributed by atoms with Crippen molar-refractivity contribution in [2.24, 2.45) is 0 Å². The van der Waals surface area contributed by atoms with E-state index in [1.54, 1.807) is 6.20 Å². The Morgan fingerprint density at radius 3 is 2.84 bits per heavy atom. The van der Waals surface area contributed by atoms with Crippen molar-refractivity contribution in [3.8, 4) is 0 Å². The van der Waals surface area contributed by atoms with Crippen LogP contribution in [0.4, 0.5) is 10.5 Å². The molecule has 19 heavy (non-hydrogen) atoms. The van der Waals surface area contributed by atoms with Gasteiger partial charge < -0.3 is 4.74 Å². The van der Waals surface area contributed by atoms with Gasteiger partial charge >= 0.3 is 6.09 Å². The highest BCUT2D eigenvalue weighted by Gasteiger charge is 2.07. The number of nitrogens with one attached hydrogen (secondary N) is 1. The first-order chi connectivity index (χ1) is 9.15. The van der Waals surface area contributed by atoms with Crippen LogP contribution in [0.2, 0.25) is 0 Å². The van der Waals surface area contributed by atoms with Crippen LogP contribution in [0.15, 0.2) is 47.2 Å². The van der Waals surface area contributed by atoms with Crippen LogP contribution < -0.4 is 5.32 Å². The number of carbonyl (C=O) groups excluding carboxylic acids is 1. The van der Waals surface area contributed by atoms with E-state index in [0.29, 0.717) is 10.3 Å². The molecule has 0 atom stereocenters. The first kappa shape index (κ1) is 13.5. The molecule has 1 heterocycles. The van der Waals surface area contributed by atoms with Crippen LogP contribution in [0, 0.1) is 6.92 Å². The van der Waals surface area contributed by atoms with Crippen molar-refractivity contribution in [3.63, 3.8) is 0 Å². The molecule has 2 aromatic rings. The molecule has 5 heteroatoms. The Labute approximate surface area is 119 Å². The third-order valence-electron chi connectivity index (χ3n) is 2.43. The third-order valence-corrected chi connectivity index (χ3v) is 3.06. The minimum Gasteiger partial charge on any atom is -0.444 e. The summed E-state index contributed by atoms with van der Waals surface area (Å²) in [4.78, 5) is 15.8. The first-order valence-electron chi connectivity index (χ1n) is 5.75. The molecule has 1 N–H and O–H groups in total. The Morgan fingerprint density at radius 1 is 1.37 bits per heavy atom. The zero-order valence-corrected chi connectivity index (χ0v) is 12.0. The number of hydrogen-bond donors (Lipinski definition) is 1. The number of carbonyl (C=O) groups is 1. The lowest BCUT2D eigenvalue weighted by Gasteiger charge is -2.08. The second-order valence-electron chi connectivity index (χ2n) is 4.04. The number of anilines is 1. The van der Waals surface area contributed by atoms with Gasteiger partial charge in [-0.1, -0.05) is 30.3 Å². The number of benzene rings is 1. The largest absolute Gasteiger partial charge is 0.444 e. The van der Waals surface area contributed by atoms with Crippen LogP contribution in [0.3, 0.4) is 0 Å². The summed E-state index contributed by atoms with van der Waals surface area (Å²) in [6, 6.07) is 11.3. The molecule has 0 aliphatic carbocycles. The molecule has 0 unspecified atom stereocenters. The molecular weight excluding hydrogens is 308 g/mol. The highest BCUT2D eigenvalue weighted by atomic mass is 79.9. The van der Waals surface area contributed by atoms with Gasteiger partial charge in [-0.25, -0.2) is 9.78 Å². The zero-order valence-electron chi connectivity index (χ0n) is 10.4. The molecule has 0 saturated heterocycles. The molecule has 1 amide bonds. The van der Waals surface area contributed by atoms with Crippen molar-refractivity contribution >= 4 is 27.7 Å². The minimum absolute atomic E-state index is 0.240. The fraction of sp³-hybridized carbons (Fsp3) is 0.143. The van der Waals surface area contributed by atoms with Gasteiger partial charge in [0.1, 0.15) is 11.2 Å². The molecule has 0 bridgehead atoms. The molecule has 0 aliphatic heterocycles. The lowest BCUT2D eigenvalue weighted by molar-refractivity contribution is 0.155. The van der Waals surface area contributed by atoms with E-state index in [0.717, 1.165) is 11.1 Å². The molecule has 4 nitrogen and oxygen atoms in total. The molecule has 2 rings (SSSR count). The number of aryl methyl sites for hydroxylation is 1. The van der Waals surface area contributed by atoms with E-state index < -0.39 is 6.09 Å². The molecule has 98 valence electrons. The maximum absolute atomic E-state index is 11.7. The van der Waals surface area contributed by atoms with Crippen molar-refractivity contribution in [3.05, 3.63) is 58.3 Å². The summed E-state index contributed by atoms with van der Waals surface area (Å²) >= 11 is 3.27. The van der Waals surface area contributed by atoms with E-state index in [1.165, 1.54) is 0 Å². The second-order valence-corrected chi connectivity index (χ2v) is 4.79. The standard InChI is InChI=1S/C14H13BrN2O2/c1-10-7-12(13(15)16-8-10)17-14(18)19-9-11-5-3-2-4-6-11/h2-8H,9H2,1H3,(H,17,18). The van der Waals surface area contributed by atoms with Crippen LogP contribution >= 0.6 is 15.9 Å². The van der Waals surface area contributed by atoms with Gasteiger partial charge in [0.25, 0.3) is 0 Å². The fourth-order valence-electron chi connectivity index (χ4n) is 1.51. The summed E-state index contributed by atoms with van der Waals surface area (Å²) in [6.07, 6.45) is 1.21. The van der Waals surface area contributed by atoms with Gasteiger partial charge in [-0.2, -0.15) is 0 Å². The molecule has 0 aliphatic rings. The van der Waals surface area contributed by atoms with E-state index in [4.69, 9.17) is 4.74 Å². The predicted octanol–water partition coefficient (Wildman–Crippen LogP) is 3.90. The molecule has 1 aromatic heterocycles. The maximum atomic E-state index is 11.7. The number of aromatic nitrogens is 1. The van der Waals surface area contributed by atoms with Gasteiger partial charge in [0.2, 0.25) is 0 Å². The normalized spacial score (nSPS) is 10.0. The fourth-order valence-corrected chi connectivity index (χ4v) is 1.83. The summed E-state index contributed by atoms with van der Waals surface area (Å²) in [5, 5.41) is 2.65. The summed E-state index contributed by atoms with van der Waals surface area (Å²) in [7, 11) is 0. The Kier molecular flexibility index (Phi) is 4.52. The van der Waals surface area contributed by atoms with Gasteiger partial charge in [-0.15, -0.1) is 0 Å². The van der Waals surface area contributed by atoms with Gasteiger partial charge in [0.15, 0.2) is 0 Å². The number of amides is 1. The van der Waals surface area contributed by atoms with Gasteiger partial charge in [0.05, 0.1) is 5.69 Å². The molecule has 0 saturated carbocycles. The zero-order chi connectivity index (χ0) is 13.7. The highest BCUT2D eigenvalue weighted by Crippen LogP contribution is 2.20. The highest BCUT2D eigenvalue weighted by molar-refractivity contribution is 9.10. The summed E-state index contributed by atoms with van der Waals surface area (Å²) in [6.45, 7) is 2.14. The van der Waals surface area contributed by atoms with E-state index in [-0.39, 0.29) is 6.61 Å². The van der Waals surface area contributed by atoms with E-state index >= 15 is 0 Å². The number of halogens is 1. The minimum atomic E-state index is -0.503. The number of hydrogen-bond acceptors (Lipinski definition) is 3. The number of ether oxygens (including phenoxy) is 1. The average Bonchev–Trinajstić information content (AvgIpc) is 2.42. The molecule has 0 spiro atoms. The smallest absolute Gasteiger partial charge is 0.412 e. The Hall–Kier alpha value is -1.88. The van der Waals surface area contributed by atoms with Crippen molar-refractivity contribution in [2.75, 3.05) is 5.32 Å². The van der Waals surface area contributed by atoms with Crippen molar-refractivity contribution in [1.82, 2.24) is 4.98 Å². The Bertz CT molecular complexity index is 573. The van der Waals surface area contributed by atoms with Crippen LogP contribution in [0.25, 0.3) is 0 Å². The topological polar surface area (TPSA) is 51.2 Å². The van der Waals surface area contributed by atoms with E-state index in [1.807, 2.05) is 43.3 Å². The maximum Gasteiger partial charge on any atom is 0.412 e. The lowest BCUT2D eigenvalue weighted by atomic mass is 10.2. The van der Waals surface area contributed by atoms with Gasteiger partial charge in [-0.05, 0) is 40.0 Å². The first-order valence-corrected chi connectivity index (χ1v) is 6.54. The summed E-state index contributed by atoms with van der Waals surface area (Å²) < 4.78 is 5.71. The molecule has 1 aromatic carbocycles. The van der Waals surface area contributed by atoms with Gasteiger partial charge in [-0.3, -0.25) is 5.32 Å². The number of rotatable bonds is 3. The van der Waals surface area contributed by atoms with Crippen LogP contribution in [0.5, 0.6) is 0 Å². The SMILES string of the molecule is Cc1cnc(Br)c(NC(=O)OCc2ccccc2)c1. The van der Waals surface area contributed by atoms with Crippen LogP contribution in [-0.2, 0) is 11.3 Å². The van der Waals surface area contributed by atoms with E-state index in [2.05, 4.69) is 26.2 Å². The van der Waals surface area contributed by atoms with Crippen molar-refractivity contribution in [1.29, 1.82) is 0 Å². The van der Waals surface area contributed by atoms with Crippen LogP contribution in [-0.4, -0.2) is 11.1 Å². The monoisotopic (exact) mass is 320 g/mol. The van der Waals surface area contributed by atoms with Crippen molar-refractivity contribution < 1.29 is 9.53 Å². The molecular formula is C14H13BrN2O2. The summed E-state index contributed by atoms with van der Waals surface area (Å²) in [5.74, 6) is 0. The lowest BCUT2D eigenvalue weighted by Crippen LogP contribution is -2.14. The number of nitrogens with zero attached hydrogens (tertiary/aromatic N) is 1. The van der Waals surface area contributed by atoms with Gasteiger partial charge in [0, 0.05) is 6.20 Å². The molecule has 0 fully saturated rings. The van der Waals surface area contributed by atoms with E-state index in [9.17, 15) is 4.79 Å². The van der Waals surface area contributed by atoms with Crippen LogP contribution in [0.1, 0.15) is 11.1 Å². The van der Waals surface area contributed by atoms with Crippen molar-refractivity contribution in [2.45, 2.75) is 13.5 Å². The third kappa shape index (κ3) is 4.06. The Balaban J connectivity index is 1.93. The quantitative estimate of drug-likeness (QED) is 0.872. The second kappa shape index (κ2) is 6.33.